The van der Waals surface area contributed by atoms with Gasteiger partial charge in [-0.2, -0.15) is 0 Å². The van der Waals surface area contributed by atoms with Crippen LogP contribution in [0.25, 0.3) is 0 Å². The Morgan fingerprint density at radius 3 is 2.15 bits per heavy atom. The number of hydrogen-bond donors (Lipinski definition) is 1. The van der Waals surface area contributed by atoms with Gasteiger partial charge in [0.2, 0.25) is 0 Å². The van der Waals surface area contributed by atoms with E-state index in [1.807, 2.05) is 30.3 Å². The monoisotopic (exact) mass is 178 g/mol. The molecule has 0 aliphatic rings. The molecule has 0 saturated heterocycles. The zero-order valence-electron chi connectivity index (χ0n) is 8.62. The van der Waals surface area contributed by atoms with Gasteiger partial charge in [-0.05, 0) is 17.4 Å². The van der Waals surface area contributed by atoms with Crippen LogP contribution in [-0.4, -0.2) is 5.11 Å². The third-order valence-corrected chi connectivity index (χ3v) is 1.99. The molecular weight excluding hydrogens is 160 g/mol. The smallest absolute Gasteiger partial charge is 0.0795 e. The number of aliphatic hydroxyl groups excluding tert-OH is 1. The Labute approximate surface area is 80.4 Å². The van der Waals surface area contributed by atoms with Gasteiger partial charge in [0.25, 0.3) is 0 Å². The van der Waals surface area contributed by atoms with Crippen molar-refractivity contribution in [3.63, 3.8) is 0 Å². The zero-order chi connectivity index (χ0) is 9.90. The molecule has 1 aromatic rings. The van der Waals surface area contributed by atoms with Crippen molar-refractivity contribution in [3.05, 3.63) is 35.9 Å². The van der Waals surface area contributed by atoms with Crippen LogP contribution in [0.15, 0.2) is 30.3 Å². The minimum atomic E-state index is -0.332. The van der Waals surface area contributed by atoms with Gasteiger partial charge in [-0.1, -0.05) is 51.1 Å². The molecular formula is C12H18O. The van der Waals surface area contributed by atoms with Crippen LogP contribution in [0.5, 0.6) is 0 Å². The summed E-state index contributed by atoms with van der Waals surface area (Å²) >= 11 is 0. The van der Waals surface area contributed by atoms with Gasteiger partial charge in [-0.15, -0.1) is 0 Å². The van der Waals surface area contributed by atoms with Crippen LogP contribution in [0.2, 0.25) is 0 Å². The fourth-order valence-corrected chi connectivity index (χ4v) is 1.37. The first-order chi connectivity index (χ1) is 5.99. The lowest BCUT2D eigenvalue weighted by molar-refractivity contribution is 0.122. The van der Waals surface area contributed by atoms with Gasteiger partial charge in [-0.3, -0.25) is 0 Å². The molecule has 1 rings (SSSR count). The van der Waals surface area contributed by atoms with Gasteiger partial charge in [0.1, 0.15) is 0 Å². The van der Waals surface area contributed by atoms with Gasteiger partial charge in [0.15, 0.2) is 0 Å². The van der Waals surface area contributed by atoms with E-state index in [1.165, 1.54) is 0 Å². The molecule has 0 amide bonds. The SMILES string of the molecule is CC(C)(C)CC(O)c1ccccc1. The summed E-state index contributed by atoms with van der Waals surface area (Å²) in [6.07, 6.45) is 0.470. The second kappa shape index (κ2) is 3.93. The molecule has 0 aliphatic carbocycles. The average molecular weight is 178 g/mol. The first kappa shape index (κ1) is 10.3. The first-order valence-corrected chi connectivity index (χ1v) is 4.72. The molecule has 1 N–H and O–H groups in total. The number of benzene rings is 1. The lowest BCUT2D eigenvalue weighted by Gasteiger charge is -2.22. The third-order valence-electron chi connectivity index (χ3n) is 1.99. The summed E-state index contributed by atoms with van der Waals surface area (Å²) in [5, 5.41) is 9.86. The summed E-state index contributed by atoms with van der Waals surface area (Å²) in [5.41, 5.74) is 1.19. The third kappa shape index (κ3) is 3.60. The highest BCUT2D eigenvalue weighted by atomic mass is 16.3. The van der Waals surface area contributed by atoms with E-state index in [-0.39, 0.29) is 11.5 Å². The Bertz CT molecular complexity index is 246. The fourth-order valence-electron chi connectivity index (χ4n) is 1.37. The van der Waals surface area contributed by atoms with Crippen LogP contribution in [0.1, 0.15) is 38.9 Å². The molecule has 0 fully saturated rings. The van der Waals surface area contributed by atoms with E-state index in [2.05, 4.69) is 20.8 Å². The Kier molecular flexibility index (Phi) is 3.10. The highest BCUT2D eigenvalue weighted by Crippen LogP contribution is 2.28. The maximum atomic E-state index is 9.86. The van der Waals surface area contributed by atoms with E-state index in [4.69, 9.17) is 0 Å². The summed E-state index contributed by atoms with van der Waals surface area (Å²) in [6.45, 7) is 6.41. The van der Waals surface area contributed by atoms with Crippen molar-refractivity contribution >= 4 is 0 Å². The first-order valence-electron chi connectivity index (χ1n) is 4.72. The average Bonchev–Trinajstić information content (AvgIpc) is 2.03. The molecule has 0 heterocycles. The van der Waals surface area contributed by atoms with Crippen LogP contribution in [0.3, 0.4) is 0 Å². The predicted octanol–water partition coefficient (Wildman–Crippen LogP) is 3.16. The van der Waals surface area contributed by atoms with Crippen LogP contribution >= 0.6 is 0 Å². The van der Waals surface area contributed by atoms with E-state index in [9.17, 15) is 5.11 Å². The van der Waals surface area contributed by atoms with Crippen molar-refractivity contribution in [1.82, 2.24) is 0 Å². The van der Waals surface area contributed by atoms with Crippen molar-refractivity contribution in [2.75, 3.05) is 0 Å². The molecule has 0 bridgehead atoms. The summed E-state index contributed by atoms with van der Waals surface area (Å²) < 4.78 is 0. The Hall–Kier alpha value is -0.820. The minimum Gasteiger partial charge on any atom is -0.388 e. The molecule has 0 aliphatic heterocycles. The van der Waals surface area contributed by atoms with E-state index in [0.29, 0.717) is 0 Å². The molecule has 0 aromatic heterocycles. The standard InChI is InChI=1S/C12H18O/c1-12(2,3)9-11(13)10-7-5-4-6-8-10/h4-8,11,13H,9H2,1-3H3. The topological polar surface area (TPSA) is 20.2 Å². The van der Waals surface area contributed by atoms with Gasteiger partial charge in [0.05, 0.1) is 6.10 Å². The maximum Gasteiger partial charge on any atom is 0.0795 e. The van der Waals surface area contributed by atoms with Gasteiger partial charge >= 0.3 is 0 Å². The molecule has 1 unspecified atom stereocenters. The normalized spacial score (nSPS) is 14.2. The van der Waals surface area contributed by atoms with Gasteiger partial charge in [-0.25, -0.2) is 0 Å². The molecule has 0 saturated carbocycles. The Morgan fingerprint density at radius 1 is 1.15 bits per heavy atom. The highest BCUT2D eigenvalue weighted by molar-refractivity contribution is 5.17. The maximum absolute atomic E-state index is 9.86. The summed E-state index contributed by atoms with van der Waals surface area (Å²) in [6, 6.07) is 9.82. The lowest BCUT2D eigenvalue weighted by Crippen LogP contribution is -2.11. The molecule has 72 valence electrons. The van der Waals surface area contributed by atoms with Crippen molar-refractivity contribution in [2.24, 2.45) is 5.41 Å². The number of rotatable bonds is 2. The van der Waals surface area contributed by atoms with Crippen LogP contribution in [0.4, 0.5) is 0 Å². The molecule has 1 aromatic carbocycles. The van der Waals surface area contributed by atoms with Crippen molar-refractivity contribution in [3.8, 4) is 0 Å². The van der Waals surface area contributed by atoms with E-state index in [1.54, 1.807) is 0 Å². The van der Waals surface area contributed by atoms with Crippen LogP contribution < -0.4 is 0 Å². The van der Waals surface area contributed by atoms with E-state index < -0.39 is 0 Å². The fraction of sp³-hybridized carbons (Fsp3) is 0.500. The summed E-state index contributed by atoms with van der Waals surface area (Å²) in [4.78, 5) is 0. The molecule has 1 atom stereocenters. The summed E-state index contributed by atoms with van der Waals surface area (Å²) in [7, 11) is 0. The molecule has 13 heavy (non-hydrogen) atoms. The Balaban J connectivity index is 2.64. The second-order valence-corrected chi connectivity index (χ2v) is 4.69. The number of hydrogen-bond acceptors (Lipinski definition) is 1. The van der Waals surface area contributed by atoms with Crippen LogP contribution in [0, 0.1) is 5.41 Å². The second-order valence-electron chi connectivity index (χ2n) is 4.69. The molecule has 0 radical (unpaired) electrons. The van der Waals surface area contributed by atoms with E-state index >= 15 is 0 Å². The zero-order valence-corrected chi connectivity index (χ0v) is 8.62. The molecule has 1 nitrogen and oxygen atoms in total. The quantitative estimate of drug-likeness (QED) is 0.737. The van der Waals surface area contributed by atoms with Crippen molar-refractivity contribution in [2.45, 2.75) is 33.3 Å². The van der Waals surface area contributed by atoms with Gasteiger partial charge < -0.3 is 5.11 Å². The largest absolute Gasteiger partial charge is 0.388 e. The van der Waals surface area contributed by atoms with Crippen molar-refractivity contribution < 1.29 is 5.11 Å². The number of aliphatic hydroxyl groups is 1. The summed E-state index contributed by atoms with van der Waals surface area (Å²) in [5.74, 6) is 0. The predicted molar refractivity (Wildman–Crippen MR) is 55.5 cm³/mol. The van der Waals surface area contributed by atoms with Crippen molar-refractivity contribution in [1.29, 1.82) is 0 Å². The highest BCUT2D eigenvalue weighted by Gasteiger charge is 2.17. The van der Waals surface area contributed by atoms with Gasteiger partial charge in [0, 0.05) is 0 Å². The molecule has 1 heteroatoms. The minimum absolute atomic E-state index is 0.176. The molecule has 0 spiro atoms. The Morgan fingerprint density at radius 2 is 1.69 bits per heavy atom. The van der Waals surface area contributed by atoms with E-state index in [0.717, 1.165) is 12.0 Å². The van der Waals surface area contributed by atoms with Crippen LogP contribution in [-0.2, 0) is 0 Å². The lowest BCUT2D eigenvalue weighted by atomic mass is 9.87.